The summed E-state index contributed by atoms with van der Waals surface area (Å²) >= 11 is 0. The highest BCUT2D eigenvalue weighted by Gasteiger charge is 2.34. The molecule has 0 aromatic carbocycles. The van der Waals surface area contributed by atoms with Gasteiger partial charge in [-0.1, -0.05) is 19.3 Å². The van der Waals surface area contributed by atoms with E-state index in [-0.39, 0.29) is 11.6 Å². The smallest absolute Gasteiger partial charge is 0.408 e. The van der Waals surface area contributed by atoms with E-state index >= 15 is 0 Å². The van der Waals surface area contributed by atoms with Gasteiger partial charge in [-0.05, 0) is 46.6 Å². The van der Waals surface area contributed by atoms with Crippen molar-refractivity contribution in [2.45, 2.75) is 70.4 Å². The van der Waals surface area contributed by atoms with Crippen LogP contribution in [-0.2, 0) is 4.74 Å². The number of hydrogen-bond donors (Lipinski definition) is 2. The second kappa shape index (κ2) is 5.71. The van der Waals surface area contributed by atoms with Crippen LogP contribution in [0.25, 0.3) is 0 Å². The number of amides is 1. The van der Waals surface area contributed by atoms with Gasteiger partial charge >= 0.3 is 6.09 Å². The van der Waals surface area contributed by atoms with E-state index in [9.17, 15) is 4.79 Å². The van der Waals surface area contributed by atoms with E-state index in [0.29, 0.717) is 6.54 Å². The third-order valence-corrected chi connectivity index (χ3v) is 3.20. The molecular formula is C13H26N2O2. The summed E-state index contributed by atoms with van der Waals surface area (Å²) in [6.07, 6.45) is 6.14. The van der Waals surface area contributed by atoms with Gasteiger partial charge in [0.25, 0.3) is 0 Å². The van der Waals surface area contributed by atoms with Crippen molar-refractivity contribution in [1.82, 2.24) is 5.32 Å². The summed E-state index contributed by atoms with van der Waals surface area (Å²) in [6, 6.07) is 0. The van der Waals surface area contributed by atoms with Gasteiger partial charge in [0.2, 0.25) is 0 Å². The van der Waals surface area contributed by atoms with E-state index in [0.717, 1.165) is 32.1 Å². The van der Waals surface area contributed by atoms with Crippen LogP contribution in [0, 0.1) is 0 Å². The molecule has 0 unspecified atom stereocenters. The molecule has 100 valence electrons. The highest BCUT2D eigenvalue weighted by Crippen LogP contribution is 2.31. The van der Waals surface area contributed by atoms with E-state index in [1.165, 1.54) is 6.42 Å². The number of hydrogen-bond acceptors (Lipinski definition) is 3. The van der Waals surface area contributed by atoms with Gasteiger partial charge in [0.15, 0.2) is 0 Å². The molecular weight excluding hydrogens is 216 g/mol. The fourth-order valence-electron chi connectivity index (χ4n) is 2.46. The van der Waals surface area contributed by atoms with Crippen LogP contribution >= 0.6 is 0 Å². The maximum atomic E-state index is 11.8. The predicted molar refractivity (Wildman–Crippen MR) is 68.9 cm³/mol. The van der Waals surface area contributed by atoms with Crippen molar-refractivity contribution >= 4 is 6.09 Å². The Morgan fingerprint density at radius 3 is 2.35 bits per heavy atom. The standard InChI is InChI=1S/C13H26N2O2/c1-12(2,3)17-11(16)15-13(9-10-14)7-5-4-6-8-13/h4-10,14H2,1-3H3,(H,15,16). The second-order valence-electron chi connectivity index (χ2n) is 6.01. The zero-order valence-corrected chi connectivity index (χ0v) is 11.3. The SMILES string of the molecule is CC(C)(C)OC(=O)NC1(CCN)CCCCC1. The molecule has 1 saturated carbocycles. The van der Waals surface area contributed by atoms with Crippen LogP contribution < -0.4 is 11.1 Å². The van der Waals surface area contributed by atoms with Crippen molar-refractivity contribution in [1.29, 1.82) is 0 Å². The molecule has 17 heavy (non-hydrogen) atoms. The van der Waals surface area contributed by atoms with Crippen molar-refractivity contribution < 1.29 is 9.53 Å². The van der Waals surface area contributed by atoms with Gasteiger partial charge in [-0.25, -0.2) is 4.79 Å². The molecule has 1 amide bonds. The summed E-state index contributed by atoms with van der Waals surface area (Å²) < 4.78 is 5.32. The topological polar surface area (TPSA) is 64.3 Å². The van der Waals surface area contributed by atoms with Crippen LogP contribution in [0.2, 0.25) is 0 Å². The fraction of sp³-hybridized carbons (Fsp3) is 0.923. The van der Waals surface area contributed by atoms with Crippen molar-refractivity contribution in [2.24, 2.45) is 5.73 Å². The van der Waals surface area contributed by atoms with E-state index in [4.69, 9.17) is 10.5 Å². The van der Waals surface area contributed by atoms with Gasteiger partial charge < -0.3 is 15.8 Å². The number of alkyl carbamates (subject to hydrolysis) is 1. The third kappa shape index (κ3) is 4.94. The molecule has 1 aliphatic rings. The Balaban J connectivity index is 2.57. The van der Waals surface area contributed by atoms with Crippen LogP contribution in [0.5, 0.6) is 0 Å². The molecule has 0 aromatic heterocycles. The Bertz CT molecular complexity index is 247. The van der Waals surface area contributed by atoms with Crippen molar-refractivity contribution in [3.8, 4) is 0 Å². The average molecular weight is 242 g/mol. The molecule has 4 heteroatoms. The minimum Gasteiger partial charge on any atom is -0.444 e. The largest absolute Gasteiger partial charge is 0.444 e. The van der Waals surface area contributed by atoms with Gasteiger partial charge in [-0.15, -0.1) is 0 Å². The Kier molecular flexibility index (Phi) is 4.80. The van der Waals surface area contributed by atoms with Gasteiger partial charge in [0.05, 0.1) is 0 Å². The fourth-order valence-corrected chi connectivity index (χ4v) is 2.46. The molecule has 1 rings (SSSR count). The minimum absolute atomic E-state index is 0.130. The summed E-state index contributed by atoms with van der Waals surface area (Å²) in [5.74, 6) is 0. The number of nitrogens with two attached hydrogens (primary N) is 1. The number of ether oxygens (including phenoxy) is 1. The predicted octanol–water partition coefficient (Wildman–Crippen LogP) is 2.56. The normalized spacial score (nSPS) is 19.8. The number of carbonyl (C=O) groups excluding carboxylic acids is 1. The Hall–Kier alpha value is -0.770. The Labute approximate surface area is 104 Å². The van der Waals surface area contributed by atoms with Crippen LogP contribution in [-0.4, -0.2) is 23.8 Å². The van der Waals surface area contributed by atoms with Gasteiger partial charge in [-0.3, -0.25) is 0 Å². The summed E-state index contributed by atoms with van der Waals surface area (Å²) in [5.41, 5.74) is 5.08. The Morgan fingerprint density at radius 1 is 1.29 bits per heavy atom. The summed E-state index contributed by atoms with van der Waals surface area (Å²) in [5, 5.41) is 3.05. The van der Waals surface area contributed by atoms with Crippen molar-refractivity contribution in [2.75, 3.05) is 6.54 Å². The lowest BCUT2D eigenvalue weighted by Crippen LogP contribution is -2.52. The molecule has 0 saturated heterocycles. The quantitative estimate of drug-likeness (QED) is 0.799. The van der Waals surface area contributed by atoms with Crippen LogP contribution in [0.3, 0.4) is 0 Å². The molecule has 0 bridgehead atoms. The molecule has 0 aromatic rings. The Morgan fingerprint density at radius 2 is 1.88 bits per heavy atom. The second-order valence-corrected chi connectivity index (χ2v) is 6.01. The molecule has 0 aliphatic heterocycles. The lowest BCUT2D eigenvalue weighted by Gasteiger charge is -2.38. The zero-order chi connectivity index (χ0) is 12.9. The van der Waals surface area contributed by atoms with Gasteiger partial charge in [0, 0.05) is 5.54 Å². The van der Waals surface area contributed by atoms with E-state index in [1.807, 2.05) is 20.8 Å². The first kappa shape index (κ1) is 14.3. The molecule has 4 nitrogen and oxygen atoms in total. The first-order chi connectivity index (χ1) is 7.87. The highest BCUT2D eigenvalue weighted by atomic mass is 16.6. The van der Waals surface area contributed by atoms with Crippen molar-refractivity contribution in [3.63, 3.8) is 0 Å². The minimum atomic E-state index is -0.442. The van der Waals surface area contributed by atoms with Crippen LogP contribution in [0.1, 0.15) is 59.3 Å². The van der Waals surface area contributed by atoms with E-state index in [2.05, 4.69) is 5.32 Å². The van der Waals surface area contributed by atoms with Gasteiger partial charge in [0.1, 0.15) is 5.60 Å². The van der Waals surface area contributed by atoms with Gasteiger partial charge in [-0.2, -0.15) is 0 Å². The number of carbonyl (C=O) groups is 1. The van der Waals surface area contributed by atoms with Crippen LogP contribution in [0.15, 0.2) is 0 Å². The van der Waals surface area contributed by atoms with E-state index in [1.54, 1.807) is 0 Å². The van der Waals surface area contributed by atoms with Crippen molar-refractivity contribution in [3.05, 3.63) is 0 Å². The van der Waals surface area contributed by atoms with E-state index < -0.39 is 5.60 Å². The lowest BCUT2D eigenvalue weighted by atomic mass is 9.79. The first-order valence-electron chi connectivity index (χ1n) is 6.58. The molecule has 0 radical (unpaired) electrons. The molecule has 0 atom stereocenters. The molecule has 0 spiro atoms. The average Bonchev–Trinajstić information content (AvgIpc) is 2.15. The summed E-state index contributed by atoms with van der Waals surface area (Å²) in [4.78, 5) is 11.8. The molecule has 1 fully saturated rings. The molecule has 3 N–H and O–H groups in total. The monoisotopic (exact) mass is 242 g/mol. The van der Waals surface area contributed by atoms with Crippen LogP contribution in [0.4, 0.5) is 4.79 Å². The third-order valence-electron chi connectivity index (χ3n) is 3.20. The molecule has 1 aliphatic carbocycles. The maximum absolute atomic E-state index is 11.8. The lowest BCUT2D eigenvalue weighted by molar-refractivity contribution is 0.0418. The molecule has 0 heterocycles. The maximum Gasteiger partial charge on any atom is 0.408 e. The number of nitrogens with one attached hydrogen (secondary N) is 1. The first-order valence-corrected chi connectivity index (χ1v) is 6.58. The zero-order valence-electron chi connectivity index (χ0n) is 11.3. The summed E-state index contributed by atoms with van der Waals surface area (Å²) in [6.45, 7) is 6.24. The summed E-state index contributed by atoms with van der Waals surface area (Å²) in [7, 11) is 0. The number of rotatable bonds is 3. The highest BCUT2D eigenvalue weighted by molar-refractivity contribution is 5.68.